The Labute approximate surface area is 184 Å². The second kappa shape index (κ2) is 8.31. The molecule has 0 amide bonds. The van der Waals surface area contributed by atoms with E-state index in [0.29, 0.717) is 27.1 Å². The summed E-state index contributed by atoms with van der Waals surface area (Å²) < 4.78 is 34.7. The monoisotopic (exact) mass is 441 g/mol. The summed E-state index contributed by atoms with van der Waals surface area (Å²) in [5.41, 5.74) is 3.16. The Morgan fingerprint density at radius 2 is 1.90 bits per heavy atom. The van der Waals surface area contributed by atoms with Crippen LogP contribution < -0.4 is 4.74 Å². The number of aliphatic hydroxyl groups is 1. The number of hydrogen-bond donors (Lipinski definition) is 1. The predicted octanol–water partition coefficient (Wildman–Crippen LogP) is 7.60. The van der Waals surface area contributed by atoms with E-state index in [1.807, 2.05) is 30.3 Å². The average Bonchev–Trinajstić information content (AvgIpc) is 3.58. The normalized spacial score (nSPS) is 14.8. The molecule has 1 N–H and O–H groups in total. The van der Waals surface area contributed by atoms with Crippen LogP contribution in [0.4, 0.5) is 8.78 Å². The van der Waals surface area contributed by atoms with Crippen molar-refractivity contribution in [2.45, 2.75) is 38.7 Å². The van der Waals surface area contributed by atoms with Gasteiger partial charge in [0.05, 0.1) is 11.1 Å². The number of hydrogen-bond acceptors (Lipinski definition) is 3. The van der Waals surface area contributed by atoms with Gasteiger partial charge in [0.1, 0.15) is 5.76 Å². The van der Waals surface area contributed by atoms with Gasteiger partial charge in [0.2, 0.25) is 5.88 Å². The lowest BCUT2D eigenvalue weighted by Crippen LogP contribution is -2.34. The van der Waals surface area contributed by atoms with Gasteiger partial charge in [-0.2, -0.15) is 8.78 Å². The number of aliphatic hydroxyl groups excluding tert-OH is 1. The number of rotatable bonds is 6. The highest BCUT2D eigenvalue weighted by Gasteiger charge is 2.37. The highest BCUT2D eigenvalue weighted by atomic mass is 35.5. The Balaban J connectivity index is 2.01. The number of allylic oxidation sites excluding steroid dienone is 2. The molecule has 4 rings (SSSR count). The molecule has 0 aliphatic heterocycles. The van der Waals surface area contributed by atoms with E-state index in [2.05, 4.69) is 4.98 Å². The zero-order valence-electron chi connectivity index (χ0n) is 17.2. The molecule has 1 aliphatic rings. The predicted molar refractivity (Wildman–Crippen MR) is 121 cm³/mol. The molecule has 3 aromatic rings. The van der Waals surface area contributed by atoms with E-state index in [1.165, 1.54) is 19.9 Å². The third-order valence-corrected chi connectivity index (χ3v) is 5.50. The van der Waals surface area contributed by atoms with Gasteiger partial charge in [0.15, 0.2) is 6.10 Å². The fourth-order valence-corrected chi connectivity index (χ4v) is 3.67. The molecule has 0 saturated heterocycles. The Hall–Kier alpha value is -2.92. The summed E-state index contributed by atoms with van der Waals surface area (Å²) >= 11 is 6.26. The molecule has 1 atom stereocenters. The number of benzene rings is 2. The Morgan fingerprint density at radius 1 is 1.19 bits per heavy atom. The Morgan fingerprint density at radius 3 is 2.55 bits per heavy atom. The van der Waals surface area contributed by atoms with Gasteiger partial charge in [0, 0.05) is 16.0 Å². The molecule has 160 valence electrons. The highest BCUT2D eigenvalue weighted by molar-refractivity contribution is 6.31. The first-order chi connectivity index (χ1) is 14.8. The molecular weight excluding hydrogens is 420 g/mol. The molecule has 0 bridgehead atoms. The van der Waals surface area contributed by atoms with Crippen molar-refractivity contribution in [2.75, 3.05) is 0 Å². The zero-order chi connectivity index (χ0) is 22.2. The number of pyridine rings is 1. The van der Waals surface area contributed by atoms with Crippen LogP contribution in [0.25, 0.3) is 27.8 Å². The van der Waals surface area contributed by atoms with Crippen LogP contribution in [-0.2, 0) is 0 Å². The molecule has 1 unspecified atom stereocenters. The van der Waals surface area contributed by atoms with Gasteiger partial charge < -0.3 is 9.84 Å². The van der Waals surface area contributed by atoms with E-state index < -0.39 is 12.0 Å². The maximum Gasteiger partial charge on any atom is 0.302 e. The van der Waals surface area contributed by atoms with Crippen molar-refractivity contribution in [2.24, 2.45) is 0 Å². The highest BCUT2D eigenvalue weighted by Crippen LogP contribution is 2.45. The minimum Gasteiger partial charge on any atom is -0.507 e. The molecule has 1 aromatic heterocycles. The van der Waals surface area contributed by atoms with Crippen molar-refractivity contribution in [3.05, 3.63) is 76.8 Å². The molecule has 2 aromatic carbocycles. The first-order valence-electron chi connectivity index (χ1n) is 10.1. The molecule has 6 heteroatoms. The van der Waals surface area contributed by atoms with Gasteiger partial charge in [0.25, 0.3) is 0 Å². The van der Waals surface area contributed by atoms with Crippen molar-refractivity contribution in [3.63, 3.8) is 0 Å². The molecule has 1 saturated carbocycles. The van der Waals surface area contributed by atoms with Crippen molar-refractivity contribution in [1.82, 2.24) is 4.98 Å². The van der Waals surface area contributed by atoms with Crippen LogP contribution in [0.15, 0.2) is 66.3 Å². The number of nitrogens with zero attached hydrogens (tertiary/aromatic N) is 1. The lowest BCUT2D eigenvalue weighted by atomic mass is 9.94. The molecule has 3 nitrogen and oxygen atoms in total. The van der Waals surface area contributed by atoms with Gasteiger partial charge in [-0.1, -0.05) is 48.0 Å². The van der Waals surface area contributed by atoms with Gasteiger partial charge >= 0.3 is 5.92 Å². The van der Waals surface area contributed by atoms with Gasteiger partial charge in [-0.3, -0.25) is 0 Å². The number of aromatic nitrogens is 1. The Kier molecular flexibility index (Phi) is 5.71. The van der Waals surface area contributed by atoms with Crippen LogP contribution in [0.1, 0.15) is 32.3 Å². The van der Waals surface area contributed by atoms with Crippen LogP contribution >= 0.6 is 11.6 Å². The first-order valence-corrected chi connectivity index (χ1v) is 10.5. The fraction of sp³-hybridized carbons (Fsp3) is 0.240. The summed E-state index contributed by atoms with van der Waals surface area (Å²) in [4.78, 5) is 4.51. The average molecular weight is 442 g/mol. The summed E-state index contributed by atoms with van der Waals surface area (Å²) in [6, 6.07) is 14.6. The standard InChI is InChI=1S/C25H22ClF2NO2/c1-3-13-25(27,28)15(2)31-24-22(23(30)17-9-10-17)21(16-7-5-4-6-8-16)19-14-18(26)11-12-20(19)29-24/h3-8,11-15,30H,9-10H2,1-2H3/b13-3+. The quantitative estimate of drug-likeness (QED) is 0.316. The molecule has 1 fully saturated rings. The molecule has 0 spiro atoms. The van der Waals surface area contributed by atoms with Crippen LogP contribution in [0.3, 0.4) is 0 Å². The Bertz CT molecular complexity index is 1180. The van der Waals surface area contributed by atoms with Crippen LogP contribution in [0.2, 0.25) is 5.02 Å². The van der Waals surface area contributed by atoms with Crippen LogP contribution in [0.5, 0.6) is 5.88 Å². The zero-order valence-corrected chi connectivity index (χ0v) is 18.0. The van der Waals surface area contributed by atoms with Crippen molar-refractivity contribution >= 4 is 28.3 Å². The summed E-state index contributed by atoms with van der Waals surface area (Å²) in [6.07, 6.45) is 2.10. The third kappa shape index (κ3) is 4.28. The van der Waals surface area contributed by atoms with Crippen molar-refractivity contribution in [1.29, 1.82) is 0 Å². The summed E-state index contributed by atoms with van der Waals surface area (Å²) in [5.74, 6) is -3.19. The molecule has 1 heterocycles. The van der Waals surface area contributed by atoms with Gasteiger partial charge in [-0.25, -0.2) is 4.98 Å². The molecule has 0 radical (unpaired) electrons. The second-order valence-corrected chi connectivity index (χ2v) is 8.02. The van der Waals surface area contributed by atoms with Crippen LogP contribution in [-0.4, -0.2) is 22.1 Å². The topological polar surface area (TPSA) is 42.4 Å². The summed E-state index contributed by atoms with van der Waals surface area (Å²) in [6.45, 7) is 2.82. The van der Waals surface area contributed by atoms with Crippen molar-refractivity contribution in [3.8, 4) is 17.0 Å². The fourth-order valence-electron chi connectivity index (χ4n) is 3.50. The minimum atomic E-state index is -3.20. The third-order valence-electron chi connectivity index (χ3n) is 5.27. The van der Waals surface area contributed by atoms with E-state index in [9.17, 15) is 13.9 Å². The lowest BCUT2D eigenvalue weighted by Gasteiger charge is -2.24. The summed E-state index contributed by atoms with van der Waals surface area (Å²) in [7, 11) is 0. The maximum atomic E-state index is 14.5. The number of halogens is 3. The molecule has 31 heavy (non-hydrogen) atoms. The van der Waals surface area contributed by atoms with E-state index in [1.54, 1.807) is 18.2 Å². The first kappa shape index (κ1) is 21.3. The smallest absolute Gasteiger partial charge is 0.302 e. The molecule has 1 aliphatic carbocycles. The second-order valence-electron chi connectivity index (χ2n) is 7.58. The van der Waals surface area contributed by atoms with Gasteiger partial charge in [-0.05, 0) is 62.1 Å². The number of alkyl halides is 2. The SMILES string of the molecule is C/C=C/C(F)(F)C(C)Oc1nc2ccc(Cl)cc2c(-c2ccccc2)c1C(O)=C1CC1. The van der Waals surface area contributed by atoms with Crippen molar-refractivity contribution < 1.29 is 18.6 Å². The van der Waals surface area contributed by atoms with E-state index >= 15 is 0 Å². The molecular formula is C25H22ClF2NO2. The van der Waals surface area contributed by atoms with E-state index in [4.69, 9.17) is 16.3 Å². The number of ether oxygens (including phenoxy) is 1. The van der Waals surface area contributed by atoms with E-state index in [0.717, 1.165) is 30.1 Å². The van der Waals surface area contributed by atoms with Gasteiger partial charge in [-0.15, -0.1) is 0 Å². The summed E-state index contributed by atoms with van der Waals surface area (Å²) in [5, 5.41) is 12.3. The largest absolute Gasteiger partial charge is 0.507 e. The lowest BCUT2D eigenvalue weighted by molar-refractivity contribution is -0.0483. The van der Waals surface area contributed by atoms with E-state index in [-0.39, 0.29) is 11.6 Å². The minimum absolute atomic E-state index is 0.0257. The van der Waals surface area contributed by atoms with Crippen LogP contribution in [0, 0.1) is 0 Å². The maximum absolute atomic E-state index is 14.5. The number of fused-ring (bicyclic) bond motifs is 1.